The summed E-state index contributed by atoms with van der Waals surface area (Å²) in [7, 11) is -3.92. The fourth-order valence-corrected chi connectivity index (χ4v) is 5.97. The number of aromatic nitrogens is 1. The summed E-state index contributed by atoms with van der Waals surface area (Å²) in [6.45, 7) is 0.656. The molecule has 4 rings (SSSR count). The first-order valence-electron chi connectivity index (χ1n) is 9.02. The quantitative estimate of drug-likeness (QED) is 0.365. The summed E-state index contributed by atoms with van der Waals surface area (Å²) in [6, 6.07) is 8.02. The molecule has 3 aromatic rings. The Morgan fingerprint density at radius 2 is 2.10 bits per heavy atom. The molecule has 3 heterocycles. The summed E-state index contributed by atoms with van der Waals surface area (Å²) >= 11 is 0.956. The number of thiophene rings is 1. The highest BCUT2D eigenvalue weighted by Crippen LogP contribution is 2.30. The fraction of sp³-hybridized carbons (Fsp3) is 0.211. The lowest BCUT2D eigenvalue weighted by Crippen LogP contribution is -2.41. The number of carbonyl (C=O) groups excluding carboxylic acids is 1. The number of likely N-dealkylation sites (tertiary alicyclic amines) is 1. The third kappa shape index (κ3) is 4.85. The molecule has 0 spiro atoms. The number of nitrogens with zero attached hydrogens (tertiary/aromatic N) is 2. The second-order valence-electron chi connectivity index (χ2n) is 6.93. The van der Waals surface area contributed by atoms with Gasteiger partial charge in [-0.05, 0) is 47.7 Å². The first-order chi connectivity index (χ1) is 14.2. The molecule has 1 aliphatic heterocycles. The molecule has 1 amide bonds. The van der Waals surface area contributed by atoms with Gasteiger partial charge in [0.15, 0.2) is 0 Å². The van der Waals surface area contributed by atoms with Gasteiger partial charge in [-0.25, -0.2) is 12.8 Å². The number of nitrogen functional groups attached to an aromatic ring is 1. The molecule has 1 atom stereocenters. The van der Waals surface area contributed by atoms with Gasteiger partial charge in [0.1, 0.15) is 27.6 Å². The largest absolute Gasteiger partial charge is 0.382 e. The van der Waals surface area contributed by atoms with Crippen LogP contribution in [0.2, 0.25) is 0 Å². The first-order valence-corrected chi connectivity index (χ1v) is 11.3. The lowest BCUT2D eigenvalue weighted by Gasteiger charge is -2.17. The van der Waals surface area contributed by atoms with Crippen LogP contribution in [0.15, 0.2) is 46.8 Å². The third-order valence-corrected chi connectivity index (χ3v) is 7.84. The molecule has 31 heavy (non-hydrogen) atoms. The van der Waals surface area contributed by atoms with Crippen LogP contribution in [0.25, 0.3) is 10.1 Å². The van der Waals surface area contributed by atoms with Crippen LogP contribution >= 0.6 is 23.7 Å². The molecule has 1 fully saturated rings. The van der Waals surface area contributed by atoms with Crippen LogP contribution in [0.5, 0.6) is 0 Å². The number of carbonyl (C=O) groups is 1. The third-order valence-electron chi connectivity index (χ3n) is 4.79. The molecule has 0 saturated carbocycles. The van der Waals surface area contributed by atoms with E-state index in [1.54, 1.807) is 17.0 Å². The summed E-state index contributed by atoms with van der Waals surface area (Å²) in [5.74, 6) is -0.933. The number of amidine groups is 1. The van der Waals surface area contributed by atoms with Gasteiger partial charge in [0.2, 0.25) is 5.91 Å². The van der Waals surface area contributed by atoms with Gasteiger partial charge in [0.05, 0.1) is 0 Å². The van der Waals surface area contributed by atoms with Crippen LogP contribution in [-0.4, -0.2) is 42.6 Å². The number of benzene rings is 1. The Balaban J connectivity index is 0.00000272. The molecule has 0 aliphatic carbocycles. The van der Waals surface area contributed by atoms with E-state index < -0.39 is 21.9 Å². The molecule has 2 aromatic heterocycles. The Labute approximate surface area is 188 Å². The van der Waals surface area contributed by atoms with E-state index in [1.807, 2.05) is 0 Å². The average molecular weight is 484 g/mol. The molecule has 12 heteroatoms. The maximum absolute atomic E-state index is 13.4. The summed E-state index contributed by atoms with van der Waals surface area (Å²) in [5.41, 5.74) is 6.51. The Morgan fingerprint density at radius 1 is 1.32 bits per heavy atom. The monoisotopic (exact) mass is 483 g/mol. The number of sulfonamides is 1. The summed E-state index contributed by atoms with van der Waals surface area (Å²) in [5, 5.41) is 8.08. The van der Waals surface area contributed by atoms with Gasteiger partial charge in [-0.15, -0.1) is 23.7 Å². The number of rotatable bonds is 6. The van der Waals surface area contributed by atoms with Gasteiger partial charge < -0.3 is 10.6 Å². The molecule has 0 radical (unpaired) electrons. The van der Waals surface area contributed by atoms with Crippen LogP contribution in [0.1, 0.15) is 17.7 Å². The highest BCUT2D eigenvalue weighted by atomic mass is 35.5. The van der Waals surface area contributed by atoms with Crippen molar-refractivity contribution >= 4 is 55.6 Å². The number of nitrogens with two attached hydrogens (primary N) is 1. The fourth-order valence-electron chi connectivity index (χ4n) is 3.30. The molecule has 0 bridgehead atoms. The topological polar surface area (TPSA) is 129 Å². The first kappa shape index (κ1) is 23.1. The van der Waals surface area contributed by atoms with Gasteiger partial charge in [0.25, 0.3) is 10.0 Å². The molecular formula is C19H19ClFN5O3S2. The number of nitrogens with one attached hydrogen (secondary N) is 2. The van der Waals surface area contributed by atoms with Crippen LogP contribution in [0.4, 0.5) is 4.39 Å². The van der Waals surface area contributed by atoms with Gasteiger partial charge in [-0.1, -0.05) is 6.07 Å². The number of pyridine rings is 1. The second kappa shape index (κ2) is 8.87. The Kier molecular flexibility index (Phi) is 6.60. The minimum Gasteiger partial charge on any atom is -0.382 e. The van der Waals surface area contributed by atoms with Crippen molar-refractivity contribution in [2.75, 3.05) is 6.54 Å². The van der Waals surface area contributed by atoms with E-state index in [2.05, 4.69) is 9.71 Å². The van der Waals surface area contributed by atoms with Crippen molar-refractivity contribution < 1.29 is 17.6 Å². The van der Waals surface area contributed by atoms with E-state index in [9.17, 15) is 17.6 Å². The van der Waals surface area contributed by atoms with Crippen molar-refractivity contribution in [1.29, 1.82) is 5.41 Å². The van der Waals surface area contributed by atoms with Crippen LogP contribution in [-0.2, 0) is 21.4 Å². The van der Waals surface area contributed by atoms with E-state index in [-0.39, 0.29) is 34.9 Å². The molecule has 1 saturated heterocycles. The molecule has 1 unspecified atom stereocenters. The second-order valence-corrected chi connectivity index (χ2v) is 9.96. The minimum absolute atomic E-state index is 0. The number of hydrogen-bond donors (Lipinski definition) is 3. The minimum atomic E-state index is -3.92. The maximum atomic E-state index is 13.4. The van der Waals surface area contributed by atoms with E-state index in [0.717, 1.165) is 16.9 Å². The molecule has 1 aliphatic rings. The summed E-state index contributed by atoms with van der Waals surface area (Å²) in [6.07, 6.45) is 1.85. The SMILES string of the molecule is Cl.N=C(N)c1cc(CN2CCC(NS(=O)(=O)c3cc4ccc(F)cc4s3)C2=O)ccn1. The van der Waals surface area contributed by atoms with Crippen molar-refractivity contribution in [2.45, 2.75) is 23.2 Å². The zero-order valence-electron chi connectivity index (χ0n) is 16.0. The summed E-state index contributed by atoms with van der Waals surface area (Å²) < 4.78 is 41.9. The van der Waals surface area contributed by atoms with E-state index in [4.69, 9.17) is 11.1 Å². The van der Waals surface area contributed by atoms with E-state index in [0.29, 0.717) is 28.7 Å². The van der Waals surface area contributed by atoms with Crippen molar-refractivity contribution in [1.82, 2.24) is 14.6 Å². The molecular weight excluding hydrogens is 465 g/mol. The average Bonchev–Trinajstić information content (AvgIpc) is 3.27. The standard InChI is InChI=1S/C19H18FN5O3S2.ClH/c20-13-2-1-12-8-17(29-16(12)9-13)30(27,28)24-14-4-6-25(19(14)26)10-11-3-5-23-15(7-11)18(21)22;/h1-3,5,7-9,14,24H,4,6,10H2,(H3,21,22);1H. The number of amides is 1. The van der Waals surface area contributed by atoms with Crippen molar-refractivity contribution in [3.8, 4) is 0 Å². The van der Waals surface area contributed by atoms with Crippen LogP contribution in [0, 0.1) is 11.2 Å². The maximum Gasteiger partial charge on any atom is 0.250 e. The number of hydrogen-bond acceptors (Lipinski definition) is 6. The number of halogens is 2. The van der Waals surface area contributed by atoms with Crippen LogP contribution < -0.4 is 10.5 Å². The molecule has 1 aromatic carbocycles. The Hall–Kier alpha value is -2.60. The molecule has 8 nitrogen and oxygen atoms in total. The lowest BCUT2D eigenvalue weighted by molar-refractivity contribution is -0.129. The van der Waals surface area contributed by atoms with Crippen molar-refractivity contribution in [2.24, 2.45) is 5.73 Å². The van der Waals surface area contributed by atoms with Crippen LogP contribution in [0.3, 0.4) is 0 Å². The normalized spacial score (nSPS) is 16.5. The Morgan fingerprint density at radius 3 is 2.84 bits per heavy atom. The van der Waals surface area contributed by atoms with E-state index >= 15 is 0 Å². The van der Waals surface area contributed by atoms with E-state index in [1.165, 1.54) is 30.5 Å². The van der Waals surface area contributed by atoms with Gasteiger partial charge >= 0.3 is 0 Å². The lowest BCUT2D eigenvalue weighted by atomic mass is 10.2. The zero-order valence-corrected chi connectivity index (χ0v) is 18.5. The smallest absolute Gasteiger partial charge is 0.250 e. The highest BCUT2D eigenvalue weighted by molar-refractivity contribution is 7.91. The predicted octanol–water partition coefficient (Wildman–Crippen LogP) is 2.22. The van der Waals surface area contributed by atoms with Gasteiger partial charge in [0, 0.05) is 24.0 Å². The number of fused-ring (bicyclic) bond motifs is 1. The predicted molar refractivity (Wildman–Crippen MR) is 118 cm³/mol. The zero-order chi connectivity index (χ0) is 21.5. The molecule has 4 N–H and O–H groups in total. The van der Waals surface area contributed by atoms with Gasteiger partial charge in [-0.2, -0.15) is 4.72 Å². The highest BCUT2D eigenvalue weighted by Gasteiger charge is 2.35. The van der Waals surface area contributed by atoms with Crippen molar-refractivity contribution in [3.05, 3.63) is 59.7 Å². The van der Waals surface area contributed by atoms with Crippen molar-refractivity contribution in [3.63, 3.8) is 0 Å². The Bertz CT molecular complexity index is 1260. The summed E-state index contributed by atoms with van der Waals surface area (Å²) in [4.78, 5) is 18.3. The van der Waals surface area contributed by atoms with Gasteiger partial charge in [-0.3, -0.25) is 15.2 Å². The molecule has 164 valence electrons.